The first kappa shape index (κ1) is 14.6. The van der Waals surface area contributed by atoms with Crippen LogP contribution in [0.4, 0.5) is 5.82 Å². The Morgan fingerprint density at radius 3 is 2.80 bits per heavy atom. The van der Waals surface area contributed by atoms with E-state index in [0.29, 0.717) is 21.8 Å². The van der Waals surface area contributed by atoms with Gasteiger partial charge in [-0.2, -0.15) is 0 Å². The fourth-order valence-corrected chi connectivity index (χ4v) is 2.25. The molecule has 0 radical (unpaired) electrons. The Balaban J connectivity index is 1.98. The molecule has 7 nitrogen and oxygen atoms in total. The molecule has 0 saturated heterocycles. The Kier molecular flexibility index (Phi) is 4.46. The highest BCUT2D eigenvalue weighted by molar-refractivity contribution is 8.00. The zero-order valence-corrected chi connectivity index (χ0v) is 12.4. The van der Waals surface area contributed by atoms with Gasteiger partial charge >= 0.3 is 0 Å². The lowest BCUT2D eigenvalue weighted by molar-refractivity contribution is -0.115. The predicted octanol–water partition coefficient (Wildman–Crippen LogP) is 1.47. The first-order chi connectivity index (χ1) is 9.47. The zero-order valence-electron chi connectivity index (χ0n) is 10.9. The van der Waals surface area contributed by atoms with Crippen LogP contribution >= 0.6 is 23.4 Å². The van der Waals surface area contributed by atoms with E-state index in [1.165, 1.54) is 22.6 Å². The van der Waals surface area contributed by atoms with Gasteiger partial charge in [0.2, 0.25) is 11.1 Å². The third kappa shape index (κ3) is 3.40. The van der Waals surface area contributed by atoms with Crippen LogP contribution in [0.3, 0.4) is 0 Å². The van der Waals surface area contributed by atoms with Crippen LogP contribution in [0.2, 0.25) is 5.02 Å². The number of carbonyl (C=O) groups excluding carboxylic acids is 1. The highest BCUT2D eigenvalue weighted by atomic mass is 35.5. The van der Waals surface area contributed by atoms with Crippen LogP contribution in [0, 0.1) is 6.92 Å². The monoisotopic (exact) mass is 312 g/mol. The molecule has 20 heavy (non-hydrogen) atoms. The highest BCUT2D eigenvalue weighted by Gasteiger charge is 2.18. The van der Waals surface area contributed by atoms with Gasteiger partial charge in [-0.25, -0.2) is 9.66 Å². The molecular weight excluding hydrogens is 300 g/mol. The zero-order chi connectivity index (χ0) is 14.7. The molecular formula is C11H13ClN6OS. The van der Waals surface area contributed by atoms with E-state index in [1.807, 2.05) is 0 Å². The second-order valence-electron chi connectivity index (χ2n) is 4.01. The minimum Gasteiger partial charge on any atom is -0.336 e. The van der Waals surface area contributed by atoms with E-state index in [1.54, 1.807) is 26.0 Å². The van der Waals surface area contributed by atoms with Crippen molar-refractivity contribution in [1.82, 2.24) is 19.9 Å². The second-order valence-corrected chi connectivity index (χ2v) is 5.76. The summed E-state index contributed by atoms with van der Waals surface area (Å²) in [7, 11) is 0. The van der Waals surface area contributed by atoms with Crippen LogP contribution in [0.15, 0.2) is 23.5 Å². The summed E-state index contributed by atoms with van der Waals surface area (Å²) >= 11 is 6.95. The van der Waals surface area contributed by atoms with E-state index in [2.05, 4.69) is 20.5 Å². The molecule has 1 amide bonds. The van der Waals surface area contributed by atoms with Crippen LogP contribution in [0.1, 0.15) is 12.7 Å². The van der Waals surface area contributed by atoms with Crippen molar-refractivity contribution in [3.8, 4) is 0 Å². The van der Waals surface area contributed by atoms with Gasteiger partial charge in [-0.3, -0.25) is 4.79 Å². The van der Waals surface area contributed by atoms with E-state index < -0.39 is 5.25 Å². The van der Waals surface area contributed by atoms with Crippen molar-refractivity contribution in [2.75, 3.05) is 11.2 Å². The van der Waals surface area contributed by atoms with Gasteiger partial charge in [-0.05, 0) is 26.0 Å². The number of rotatable bonds is 4. The van der Waals surface area contributed by atoms with Gasteiger partial charge in [0.15, 0.2) is 0 Å². The summed E-state index contributed by atoms with van der Waals surface area (Å²) in [5, 5.41) is 11.0. The van der Waals surface area contributed by atoms with Crippen molar-refractivity contribution in [2.24, 2.45) is 0 Å². The standard InChI is InChI=1S/C11H13ClN6OS/c1-6(20-11-17-16-7(2)18(11)13)10(19)15-9-4-3-8(12)5-14-9/h3-6H,13H2,1-2H3,(H,14,15,19)/t6-/m0/s1. The average Bonchev–Trinajstić information content (AvgIpc) is 2.73. The summed E-state index contributed by atoms with van der Waals surface area (Å²) < 4.78 is 1.34. The van der Waals surface area contributed by atoms with Gasteiger partial charge in [0, 0.05) is 6.20 Å². The first-order valence-corrected chi connectivity index (χ1v) is 6.99. The molecule has 0 unspecified atom stereocenters. The van der Waals surface area contributed by atoms with Crippen LogP contribution < -0.4 is 11.2 Å². The molecule has 0 aromatic carbocycles. The number of hydrogen-bond acceptors (Lipinski definition) is 6. The topological polar surface area (TPSA) is 98.7 Å². The maximum Gasteiger partial charge on any atom is 0.238 e. The Bertz CT molecular complexity index is 614. The summed E-state index contributed by atoms with van der Waals surface area (Å²) in [6, 6.07) is 3.29. The van der Waals surface area contributed by atoms with Gasteiger partial charge in [0.1, 0.15) is 11.6 Å². The number of thioether (sulfide) groups is 1. The van der Waals surface area contributed by atoms with E-state index in [9.17, 15) is 4.79 Å². The van der Waals surface area contributed by atoms with Crippen molar-refractivity contribution in [3.63, 3.8) is 0 Å². The van der Waals surface area contributed by atoms with Crippen LogP contribution in [-0.4, -0.2) is 31.0 Å². The van der Waals surface area contributed by atoms with Crippen LogP contribution in [0.25, 0.3) is 0 Å². The number of pyridine rings is 1. The number of nitrogens with two attached hydrogens (primary N) is 1. The maximum absolute atomic E-state index is 12.0. The lowest BCUT2D eigenvalue weighted by Crippen LogP contribution is -2.24. The molecule has 0 spiro atoms. The molecule has 0 bridgehead atoms. The molecule has 0 aliphatic carbocycles. The largest absolute Gasteiger partial charge is 0.336 e. The molecule has 106 valence electrons. The molecule has 0 fully saturated rings. The van der Waals surface area contributed by atoms with Crippen molar-refractivity contribution in [1.29, 1.82) is 0 Å². The molecule has 2 heterocycles. The lowest BCUT2D eigenvalue weighted by atomic mass is 10.4. The number of nitrogens with one attached hydrogen (secondary N) is 1. The minimum absolute atomic E-state index is 0.203. The summed E-state index contributed by atoms with van der Waals surface area (Å²) in [6.07, 6.45) is 1.47. The quantitative estimate of drug-likeness (QED) is 0.655. The Hall–Kier alpha value is -1.80. The molecule has 2 aromatic rings. The number of nitrogens with zero attached hydrogens (tertiary/aromatic N) is 4. The second kappa shape index (κ2) is 6.10. The van der Waals surface area contributed by atoms with Gasteiger partial charge in [0.05, 0.1) is 10.3 Å². The average molecular weight is 313 g/mol. The number of nitrogen functional groups attached to an aromatic ring is 1. The molecule has 2 rings (SSSR count). The molecule has 0 aliphatic rings. The summed E-state index contributed by atoms with van der Waals surface area (Å²) in [4.78, 5) is 16.0. The van der Waals surface area contributed by atoms with E-state index in [0.717, 1.165) is 0 Å². The number of anilines is 1. The number of carbonyl (C=O) groups is 1. The van der Waals surface area contributed by atoms with E-state index in [4.69, 9.17) is 17.4 Å². The predicted molar refractivity (Wildman–Crippen MR) is 78.1 cm³/mol. The molecule has 0 aliphatic heterocycles. The summed E-state index contributed by atoms with van der Waals surface area (Å²) in [5.41, 5.74) is 0. The van der Waals surface area contributed by atoms with Crippen molar-refractivity contribution in [3.05, 3.63) is 29.2 Å². The Morgan fingerprint density at radius 2 is 2.25 bits per heavy atom. The fraction of sp³-hybridized carbons (Fsp3) is 0.273. The van der Waals surface area contributed by atoms with Crippen molar-refractivity contribution in [2.45, 2.75) is 24.3 Å². The Labute approximate surface area is 124 Å². The fourth-order valence-electron chi connectivity index (χ4n) is 1.32. The molecule has 0 saturated carbocycles. The summed E-state index contributed by atoms with van der Waals surface area (Å²) in [5.74, 6) is 6.55. The van der Waals surface area contributed by atoms with Gasteiger partial charge in [0.25, 0.3) is 0 Å². The smallest absolute Gasteiger partial charge is 0.238 e. The number of aryl methyl sites for hydroxylation is 1. The van der Waals surface area contributed by atoms with Crippen molar-refractivity contribution >= 4 is 35.1 Å². The number of halogens is 1. The third-order valence-electron chi connectivity index (χ3n) is 2.47. The maximum atomic E-state index is 12.0. The normalized spacial score (nSPS) is 12.2. The van der Waals surface area contributed by atoms with E-state index in [-0.39, 0.29) is 5.91 Å². The molecule has 1 atom stereocenters. The van der Waals surface area contributed by atoms with Gasteiger partial charge < -0.3 is 11.2 Å². The first-order valence-electron chi connectivity index (χ1n) is 5.73. The van der Waals surface area contributed by atoms with Crippen molar-refractivity contribution < 1.29 is 4.79 Å². The SMILES string of the molecule is Cc1nnc(S[C@@H](C)C(=O)Nc2ccc(Cl)cn2)n1N. The summed E-state index contributed by atoms with van der Waals surface area (Å²) in [6.45, 7) is 3.49. The lowest BCUT2D eigenvalue weighted by Gasteiger charge is -2.10. The molecule has 3 N–H and O–H groups in total. The number of hydrogen-bond donors (Lipinski definition) is 2. The minimum atomic E-state index is -0.390. The van der Waals surface area contributed by atoms with E-state index >= 15 is 0 Å². The van der Waals surface area contributed by atoms with Crippen LogP contribution in [-0.2, 0) is 4.79 Å². The number of amides is 1. The third-order valence-corrected chi connectivity index (χ3v) is 3.75. The van der Waals surface area contributed by atoms with Crippen LogP contribution in [0.5, 0.6) is 0 Å². The molecule has 2 aromatic heterocycles. The molecule has 9 heteroatoms. The Morgan fingerprint density at radius 1 is 1.50 bits per heavy atom. The highest BCUT2D eigenvalue weighted by Crippen LogP contribution is 2.21. The number of aromatic nitrogens is 4. The van der Waals surface area contributed by atoms with Gasteiger partial charge in [-0.15, -0.1) is 10.2 Å². The van der Waals surface area contributed by atoms with Gasteiger partial charge in [-0.1, -0.05) is 23.4 Å².